The molecule has 136 valence electrons. The summed E-state index contributed by atoms with van der Waals surface area (Å²) >= 11 is 0. The number of fused-ring (bicyclic) bond motifs is 1. The molecule has 6 nitrogen and oxygen atoms in total. The van der Waals surface area contributed by atoms with Crippen molar-refractivity contribution in [3.63, 3.8) is 0 Å². The number of imidazole rings is 1. The highest BCUT2D eigenvalue weighted by Gasteiger charge is 2.16. The van der Waals surface area contributed by atoms with Gasteiger partial charge in [-0.3, -0.25) is 4.40 Å². The van der Waals surface area contributed by atoms with E-state index in [0.717, 1.165) is 17.0 Å². The van der Waals surface area contributed by atoms with Gasteiger partial charge in [-0.15, -0.1) is 24.8 Å². The van der Waals surface area contributed by atoms with Crippen LogP contribution in [0.15, 0.2) is 47.6 Å². The van der Waals surface area contributed by atoms with Crippen molar-refractivity contribution in [2.24, 2.45) is 0 Å². The number of aromatic nitrogens is 3. The number of hydrogen-bond donors (Lipinski definition) is 0. The summed E-state index contributed by atoms with van der Waals surface area (Å²) in [4.78, 5) is 11.3. The van der Waals surface area contributed by atoms with Crippen LogP contribution < -0.4 is 0 Å². The van der Waals surface area contributed by atoms with Crippen LogP contribution in [-0.4, -0.2) is 48.0 Å². The zero-order valence-corrected chi connectivity index (χ0v) is 16.5. The number of sulfone groups is 1. The van der Waals surface area contributed by atoms with Crippen molar-refractivity contribution in [3.05, 3.63) is 48.4 Å². The Morgan fingerprint density at radius 1 is 1.12 bits per heavy atom. The van der Waals surface area contributed by atoms with Gasteiger partial charge in [0, 0.05) is 30.8 Å². The lowest BCUT2D eigenvalue weighted by Crippen LogP contribution is -2.13. The SMILES string of the molecule is CN(C)Cc1c(-c2ccc(S(C)(=O)=O)cc2)nc2ncccn12.Cl.Cl. The first-order valence-corrected chi connectivity index (χ1v) is 9.02. The Bertz CT molecular complexity index is 954. The molecule has 0 fully saturated rings. The fraction of sp³-hybridized carbons (Fsp3) is 0.250. The molecule has 3 aromatic rings. The standard InChI is InChI=1S/C16H18N4O2S.2ClH/c1-19(2)11-14-15(18-16-17-9-4-10-20(14)16)12-5-7-13(8-6-12)23(3,21)22;;/h4-10H,11H2,1-3H3;2*1H. The van der Waals surface area contributed by atoms with Crippen LogP contribution >= 0.6 is 24.8 Å². The molecule has 0 unspecified atom stereocenters. The third-order valence-corrected chi connectivity index (χ3v) is 4.65. The highest BCUT2D eigenvalue weighted by molar-refractivity contribution is 7.90. The third kappa shape index (κ3) is 4.49. The predicted molar refractivity (Wildman–Crippen MR) is 103 cm³/mol. The number of rotatable bonds is 4. The highest BCUT2D eigenvalue weighted by atomic mass is 35.5. The Labute approximate surface area is 159 Å². The summed E-state index contributed by atoms with van der Waals surface area (Å²) in [7, 11) is 0.783. The first-order valence-electron chi connectivity index (χ1n) is 7.13. The summed E-state index contributed by atoms with van der Waals surface area (Å²) in [5.74, 6) is 0.631. The molecule has 0 radical (unpaired) electrons. The minimum atomic E-state index is -3.20. The van der Waals surface area contributed by atoms with Crippen LogP contribution in [0.4, 0.5) is 0 Å². The average molecular weight is 403 g/mol. The van der Waals surface area contributed by atoms with Crippen LogP contribution in [0.1, 0.15) is 5.69 Å². The normalized spacial score (nSPS) is 11.2. The van der Waals surface area contributed by atoms with Crippen molar-refractivity contribution in [2.75, 3.05) is 20.4 Å². The van der Waals surface area contributed by atoms with E-state index >= 15 is 0 Å². The second-order valence-electron chi connectivity index (χ2n) is 5.73. The lowest BCUT2D eigenvalue weighted by atomic mass is 10.1. The molecule has 25 heavy (non-hydrogen) atoms. The number of benzene rings is 1. The van der Waals surface area contributed by atoms with Crippen molar-refractivity contribution >= 4 is 40.4 Å². The molecule has 0 atom stereocenters. The van der Waals surface area contributed by atoms with Crippen molar-refractivity contribution < 1.29 is 8.42 Å². The molecule has 0 aliphatic rings. The van der Waals surface area contributed by atoms with E-state index in [1.54, 1.807) is 30.5 Å². The Kier molecular flexibility index (Phi) is 6.96. The molecule has 0 N–H and O–H groups in total. The summed E-state index contributed by atoms with van der Waals surface area (Å²) in [5.41, 5.74) is 2.71. The minimum Gasteiger partial charge on any atom is -0.304 e. The van der Waals surface area contributed by atoms with E-state index in [2.05, 4.69) is 14.9 Å². The largest absolute Gasteiger partial charge is 0.304 e. The summed E-state index contributed by atoms with van der Waals surface area (Å²) in [6.45, 7) is 0.704. The lowest BCUT2D eigenvalue weighted by Gasteiger charge is -2.11. The van der Waals surface area contributed by atoms with Crippen molar-refractivity contribution in [1.29, 1.82) is 0 Å². The monoisotopic (exact) mass is 402 g/mol. The van der Waals surface area contributed by atoms with Gasteiger partial charge in [0.25, 0.3) is 0 Å². The van der Waals surface area contributed by atoms with Gasteiger partial charge < -0.3 is 4.90 Å². The molecule has 0 saturated carbocycles. The second-order valence-corrected chi connectivity index (χ2v) is 7.75. The van der Waals surface area contributed by atoms with Gasteiger partial charge in [0.1, 0.15) is 0 Å². The summed E-state index contributed by atoms with van der Waals surface area (Å²) < 4.78 is 25.2. The van der Waals surface area contributed by atoms with Crippen molar-refractivity contribution in [2.45, 2.75) is 11.4 Å². The van der Waals surface area contributed by atoms with Crippen molar-refractivity contribution in [1.82, 2.24) is 19.3 Å². The topological polar surface area (TPSA) is 67.6 Å². The Morgan fingerprint density at radius 3 is 2.32 bits per heavy atom. The Hall–Kier alpha value is -1.67. The maximum atomic E-state index is 11.6. The molecule has 0 saturated heterocycles. The van der Waals surface area contributed by atoms with E-state index < -0.39 is 9.84 Å². The van der Waals surface area contributed by atoms with Crippen LogP contribution in [-0.2, 0) is 16.4 Å². The third-order valence-electron chi connectivity index (χ3n) is 3.52. The van der Waals surface area contributed by atoms with Gasteiger partial charge in [0.2, 0.25) is 5.78 Å². The molecule has 2 aromatic heterocycles. The number of hydrogen-bond acceptors (Lipinski definition) is 5. The molecular weight excluding hydrogens is 383 g/mol. The van der Waals surface area contributed by atoms with Crippen LogP contribution in [0.5, 0.6) is 0 Å². The molecule has 0 spiro atoms. The van der Waals surface area contributed by atoms with Crippen LogP contribution in [0.2, 0.25) is 0 Å². The molecule has 1 aromatic carbocycles. The van der Waals surface area contributed by atoms with E-state index in [1.165, 1.54) is 6.26 Å². The molecule has 3 rings (SSSR count). The summed E-state index contributed by atoms with van der Waals surface area (Å²) in [5, 5.41) is 0. The quantitative estimate of drug-likeness (QED) is 0.670. The van der Waals surface area contributed by atoms with Gasteiger partial charge in [-0.2, -0.15) is 0 Å². The van der Waals surface area contributed by atoms with E-state index in [1.807, 2.05) is 30.8 Å². The Morgan fingerprint density at radius 2 is 1.76 bits per heavy atom. The number of nitrogens with zero attached hydrogens (tertiary/aromatic N) is 4. The number of halogens is 2. The van der Waals surface area contributed by atoms with Gasteiger partial charge in [0.05, 0.1) is 16.3 Å². The zero-order chi connectivity index (χ0) is 16.6. The zero-order valence-electron chi connectivity index (χ0n) is 14.1. The maximum absolute atomic E-state index is 11.6. The fourth-order valence-electron chi connectivity index (χ4n) is 2.48. The van der Waals surface area contributed by atoms with Gasteiger partial charge >= 0.3 is 0 Å². The van der Waals surface area contributed by atoms with Crippen LogP contribution in [0.25, 0.3) is 17.0 Å². The van der Waals surface area contributed by atoms with Crippen LogP contribution in [0.3, 0.4) is 0 Å². The molecule has 0 aliphatic carbocycles. The summed E-state index contributed by atoms with van der Waals surface area (Å²) in [6.07, 6.45) is 4.84. The van der Waals surface area contributed by atoms with Gasteiger partial charge in [-0.25, -0.2) is 18.4 Å². The van der Waals surface area contributed by atoms with Gasteiger partial charge in [-0.05, 0) is 32.3 Å². The smallest absolute Gasteiger partial charge is 0.234 e. The highest BCUT2D eigenvalue weighted by Crippen LogP contribution is 2.25. The van der Waals surface area contributed by atoms with E-state index in [4.69, 9.17) is 0 Å². The minimum absolute atomic E-state index is 0. The van der Waals surface area contributed by atoms with E-state index in [0.29, 0.717) is 17.2 Å². The average Bonchev–Trinajstić information content (AvgIpc) is 2.85. The van der Waals surface area contributed by atoms with E-state index in [-0.39, 0.29) is 24.8 Å². The molecule has 2 heterocycles. The maximum Gasteiger partial charge on any atom is 0.234 e. The lowest BCUT2D eigenvalue weighted by molar-refractivity contribution is 0.396. The van der Waals surface area contributed by atoms with E-state index in [9.17, 15) is 8.42 Å². The first-order chi connectivity index (χ1) is 10.9. The second kappa shape index (κ2) is 8.14. The molecule has 0 amide bonds. The van der Waals surface area contributed by atoms with Gasteiger partial charge in [0.15, 0.2) is 9.84 Å². The predicted octanol–water partition coefficient (Wildman–Crippen LogP) is 2.71. The van der Waals surface area contributed by atoms with Crippen molar-refractivity contribution in [3.8, 4) is 11.3 Å². The Balaban J connectivity index is 0.00000156. The fourth-order valence-corrected chi connectivity index (χ4v) is 3.11. The van der Waals surface area contributed by atoms with Crippen LogP contribution in [0, 0.1) is 0 Å². The molecular formula is C16H20Cl2N4O2S. The molecule has 9 heteroatoms. The van der Waals surface area contributed by atoms with Gasteiger partial charge in [-0.1, -0.05) is 12.1 Å². The summed E-state index contributed by atoms with van der Waals surface area (Å²) in [6, 6.07) is 8.67. The molecule has 0 aliphatic heterocycles. The first kappa shape index (κ1) is 21.4. The molecule has 0 bridgehead atoms.